The average molecular weight is 471 g/mol. The molecule has 0 radical (unpaired) electrons. The van der Waals surface area contributed by atoms with E-state index in [9.17, 15) is 31.9 Å². The van der Waals surface area contributed by atoms with Gasteiger partial charge in [0.1, 0.15) is 16.8 Å². The molecule has 2 fully saturated rings. The van der Waals surface area contributed by atoms with Crippen molar-refractivity contribution >= 4 is 23.3 Å². The molecular formula is C22H25F4N3O4. The van der Waals surface area contributed by atoms with E-state index in [2.05, 4.69) is 5.32 Å². The summed E-state index contributed by atoms with van der Waals surface area (Å²) in [6, 6.07) is -0.474. The van der Waals surface area contributed by atoms with Crippen LogP contribution in [0.1, 0.15) is 44.0 Å². The quantitative estimate of drug-likeness (QED) is 0.125. The van der Waals surface area contributed by atoms with E-state index in [1.54, 1.807) is 6.92 Å². The van der Waals surface area contributed by atoms with E-state index in [4.69, 9.17) is 4.74 Å². The molecule has 11 heteroatoms. The summed E-state index contributed by atoms with van der Waals surface area (Å²) in [5.74, 6) is -10.3. The third kappa shape index (κ3) is 4.96. The van der Waals surface area contributed by atoms with Crippen molar-refractivity contribution in [3.05, 3.63) is 40.6 Å². The summed E-state index contributed by atoms with van der Waals surface area (Å²) >= 11 is 0. The molecule has 180 valence electrons. The molecule has 1 saturated carbocycles. The number of nitrogens with zero attached hydrogens (tertiary/aromatic N) is 2. The predicted octanol–water partition coefficient (Wildman–Crippen LogP) is 2.68. The first-order valence-electron chi connectivity index (χ1n) is 10.6. The lowest BCUT2D eigenvalue weighted by Gasteiger charge is -2.40. The van der Waals surface area contributed by atoms with E-state index in [0.29, 0.717) is 0 Å². The second-order valence-electron chi connectivity index (χ2n) is 8.04. The van der Waals surface area contributed by atoms with Crippen LogP contribution in [-0.4, -0.2) is 60.9 Å². The highest BCUT2D eigenvalue weighted by atomic mass is 19.2. The monoisotopic (exact) mass is 471 g/mol. The van der Waals surface area contributed by atoms with Gasteiger partial charge in [-0.3, -0.25) is 9.59 Å². The third-order valence-corrected chi connectivity index (χ3v) is 5.60. The number of rotatable bonds is 7. The van der Waals surface area contributed by atoms with Gasteiger partial charge in [-0.2, -0.15) is 0 Å². The van der Waals surface area contributed by atoms with Crippen LogP contribution in [-0.2, 0) is 14.3 Å². The molecule has 1 atom stereocenters. The topological polar surface area (TPSA) is 79.0 Å². The standard InChI is InChI=1S/C22H25F4N3O4/c1-4-33-22(32)14(9-27-13-5-6-13)21(31)15-16(23)18(25)20(19(26)17(15)24)28-7-8-29(12(3)30)11(2)10-28/h9,11,13,27H,4-8,10H2,1-3H3/b14-9-. The number of hydrogen-bond acceptors (Lipinski definition) is 6. The number of anilines is 1. The van der Waals surface area contributed by atoms with Gasteiger partial charge in [-0.15, -0.1) is 0 Å². The molecule has 1 saturated heterocycles. The van der Waals surface area contributed by atoms with Crippen LogP contribution in [0.2, 0.25) is 0 Å². The first kappa shape index (κ1) is 24.5. The molecule has 0 aromatic heterocycles. The molecule has 1 heterocycles. The maximum absolute atomic E-state index is 15.0. The van der Waals surface area contributed by atoms with E-state index in [1.165, 1.54) is 18.7 Å². The van der Waals surface area contributed by atoms with Crippen molar-refractivity contribution in [3.63, 3.8) is 0 Å². The number of nitrogens with one attached hydrogen (secondary N) is 1. The van der Waals surface area contributed by atoms with Crippen LogP contribution in [0.3, 0.4) is 0 Å². The van der Waals surface area contributed by atoms with Gasteiger partial charge in [0.2, 0.25) is 11.7 Å². The number of carbonyl (C=O) groups is 3. The minimum absolute atomic E-state index is 0.0107. The number of ether oxygens (including phenoxy) is 1. The summed E-state index contributed by atoms with van der Waals surface area (Å²) in [6.07, 6.45) is 2.51. The van der Waals surface area contributed by atoms with Gasteiger partial charge >= 0.3 is 5.97 Å². The van der Waals surface area contributed by atoms with Crippen LogP contribution in [0, 0.1) is 23.3 Å². The minimum Gasteiger partial charge on any atom is -0.462 e. The Labute approximate surface area is 188 Å². The van der Waals surface area contributed by atoms with Gasteiger partial charge < -0.3 is 19.9 Å². The predicted molar refractivity (Wildman–Crippen MR) is 111 cm³/mol. The molecule has 1 amide bonds. The van der Waals surface area contributed by atoms with Crippen LogP contribution < -0.4 is 10.2 Å². The van der Waals surface area contributed by atoms with Crippen LogP contribution in [0.5, 0.6) is 0 Å². The van der Waals surface area contributed by atoms with Crippen LogP contribution >= 0.6 is 0 Å². The fourth-order valence-corrected chi connectivity index (χ4v) is 3.74. The molecule has 7 nitrogen and oxygen atoms in total. The van der Waals surface area contributed by atoms with Crippen molar-refractivity contribution in [1.82, 2.24) is 10.2 Å². The van der Waals surface area contributed by atoms with Crippen LogP contribution in [0.4, 0.5) is 23.2 Å². The Hall–Kier alpha value is -3.11. The van der Waals surface area contributed by atoms with Crippen molar-refractivity contribution in [1.29, 1.82) is 0 Å². The Morgan fingerprint density at radius 3 is 2.15 bits per heavy atom. The number of piperazine rings is 1. The number of hydrogen-bond donors (Lipinski definition) is 1. The molecule has 1 N–H and O–H groups in total. The van der Waals surface area contributed by atoms with E-state index in [1.807, 2.05) is 0 Å². The second kappa shape index (κ2) is 9.80. The number of ketones is 1. The van der Waals surface area contributed by atoms with E-state index in [0.717, 1.165) is 23.9 Å². The lowest BCUT2D eigenvalue weighted by Crippen LogP contribution is -2.54. The van der Waals surface area contributed by atoms with Gasteiger partial charge in [0, 0.05) is 44.8 Å². The third-order valence-electron chi connectivity index (χ3n) is 5.60. The molecular weight excluding hydrogens is 446 g/mol. The summed E-state index contributed by atoms with van der Waals surface area (Å²) in [5, 5.41) is 2.74. The number of carbonyl (C=O) groups excluding carboxylic acids is 3. The minimum atomic E-state index is -1.91. The van der Waals surface area contributed by atoms with E-state index < -0.39 is 57.9 Å². The zero-order valence-electron chi connectivity index (χ0n) is 18.5. The van der Waals surface area contributed by atoms with Gasteiger partial charge in [0.05, 0.1) is 6.61 Å². The van der Waals surface area contributed by atoms with Crippen molar-refractivity contribution in [2.45, 2.75) is 45.7 Å². The highest BCUT2D eigenvalue weighted by Crippen LogP contribution is 2.33. The molecule has 3 rings (SSSR count). The van der Waals surface area contributed by atoms with Crippen molar-refractivity contribution in [2.24, 2.45) is 0 Å². The molecule has 33 heavy (non-hydrogen) atoms. The molecule has 1 aliphatic carbocycles. The van der Waals surface area contributed by atoms with Crippen LogP contribution in [0.25, 0.3) is 0 Å². The fourth-order valence-electron chi connectivity index (χ4n) is 3.74. The Bertz CT molecular complexity index is 981. The van der Waals surface area contributed by atoms with Gasteiger partial charge in [-0.1, -0.05) is 0 Å². The molecule has 0 bridgehead atoms. The summed E-state index contributed by atoms with van der Waals surface area (Å²) in [4.78, 5) is 39.2. The Balaban J connectivity index is 1.99. The summed E-state index contributed by atoms with van der Waals surface area (Å²) in [5.41, 5.74) is -3.24. The number of esters is 1. The first-order chi connectivity index (χ1) is 15.6. The average Bonchev–Trinajstić information content (AvgIpc) is 3.57. The lowest BCUT2D eigenvalue weighted by molar-refractivity contribution is -0.138. The van der Waals surface area contributed by atoms with E-state index in [-0.39, 0.29) is 38.2 Å². The van der Waals surface area contributed by atoms with Crippen molar-refractivity contribution < 1.29 is 36.7 Å². The van der Waals surface area contributed by atoms with Gasteiger partial charge in [-0.25, -0.2) is 22.4 Å². The van der Waals surface area contributed by atoms with E-state index >= 15 is 0 Å². The Morgan fingerprint density at radius 1 is 1.06 bits per heavy atom. The number of amides is 1. The zero-order chi connectivity index (χ0) is 24.4. The van der Waals surface area contributed by atoms with Crippen molar-refractivity contribution in [2.75, 3.05) is 31.1 Å². The number of benzene rings is 1. The maximum Gasteiger partial charge on any atom is 0.343 e. The SMILES string of the molecule is CCOC(=O)/C(=C\NC1CC1)C(=O)c1c(F)c(F)c(N2CCN(C(C)=O)C(C)C2)c(F)c1F. The highest BCUT2D eigenvalue weighted by molar-refractivity contribution is 6.24. The fraction of sp³-hybridized carbons (Fsp3) is 0.500. The molecule has 0 spiro atoms. The summed E-state index contributed by atoms with van der Waals surface area (Å²) in [7, 11) is 0. The van der Waals surface area contributed by atoms with Gasteiger partial charge in [-0.05, 0) is 26.7 Å². The summed E-state index contributed by atoms with van der Waals surface area (Å²) < 4.78 is 64.6. The first-order valence-corrected chi connectivity index (χ1v) is 10.6. The molecule has 1 aliphatic heterocycles. The molecule has 1 unspecified atom stereocenters. The Kier molecular flexibility index (Phi) is 7.28. The van der Waals surface area contributed by atoms with Gasteiger partial charge in [0.25, 0.3) is 0 Å². The van der Waals surface area contributed by atoms with Gasteiger partial charge in [0.15, 0.2) is 23.3 Å². The Morgan fingerprint density at radius 2 is 1.67 bits per heavy atom. The summed E-state index contributed by atoms with van der Waals surface area (Å²) in [6.45, 7) is 4.29. The smallest absolute Gasteiger partial charge is 0.343 e. The second-order valence-corrected chi connectivity index (χ2v) is 8.04. The number of Topliss-reactive ketones (excluding diaryl/α,β-unsaturated/α-hetero) is 1. The maximum atomic E-state index is 15.0. The molecule has 1 aromatic carbocycles. The normalized spacial score (nSPS) is 18.9. The zero-order valence-corrected chi connectivity index (χ0v) is 18.5. The van der Waals surface area contributed by atoms with Crippen molar-refractivity contribution in [3.8, 4) is 0 Å². The molecule has 1 aromatic rings. The highest BCUT2D eigenvalue weighted by Gasteiger charge is 2.37. The number of halogens is 4. The van der Waals surface area contributed by atoms with Crippen LogP contribution in [0.15, 0.2) is 11.8 Å². The largest absolute Gasteiger partial charge is 0.462 e. The lowest BCUT2D eigenvalue weighted by atomic mass is 10.0. The molecule has 2 aliphatic rings.